The van der Waals surface area contributed by atoms with Crippen LogP contribution in [0.3, 0.4) is 0 Å². The maximum Gasteiger partial charge on any atom is 0.00699 e. The van der Waals surface area contributed by atoms with Crippen molar-refractivity contribution >= 4 is 11.8 Å². The fourth-order valence-corrected chi connectivity index (χ4v) is 3.26. The van der Waals surface area contributed by atoms with E-state index in [9.17, 15) is 0 Å². The minimum Gasteiger partial charge on any atom is -0.313 e. The molecule has 1 fully saturated rings. The van der Waals surface area contributed by atoms with Crippen LogP contribution in [-0.2, 0) is 0 Å². The number of thioether (sulfide) groups is 1. The van der Waals surface area contributed by atoms with Gasteiger partial charge in [-0.3, -0.25) is 0 Å². The summed E-state index contributed by atoms with van der Waals surface area (Å²) in [6.07, 6.45) is 8.40. The molecule has 1 N–H and O–H groups in total. The van der Waals surface area contributed by atoms with Crippen LogP contribution in [0.25, 0.3) is 0 Å². The van der Waals surface area contributed by atoms with Gasteiger partial charge in [-0.1, -0.05) is 33.1 Å². The Morgan fingerprint density at radius 2 is 2.13 bits per heavy atom. The fraction of sp³-hybridized carbons (Fsp3) is 1.00. The third kappa shape index (κ3) is 6.47. The van der Waals surface area contributed by atoms with Gasteiger partial charge in [-0.2, -0.15) is 11.8 Å². The molecule has 0 aliphatic heterocycles. The molecule has 0 saturated heterocycles. The summed E-state index contributed by atoms with van der Waals surface area (Å²) in [4.78, 5) is 0. The lowest BCUT2D eigenvalue weighted by Crippen LogP contribution is -2.34. The highest BCUT2D eigenvalue weighted by molar-refractivity contribution is 7.99. The summed E-state index contributed by atoms with van der Waals surface area (Å²) in [7, 11) is 0. The van der Waals surface area contributed by atoms with Gasteiger partial charge in [0.1, 0.15) is 0 Å². The average Bonchev–Trinajstić information content (AvgIpc) is 2.23. The van der Waals surface area contributed by atoms with Crippen molar-refractivity contribution in [1.29, 1.82) is 0 Å². The number of rotatable bonds is 7. The smallest absolute Gasteiger partial charge is 0.00699 e. The molecule has 0 radical (unpaired) electrons. The second-order valence-electron chi connectivity index (χ2n) is 4.89. The van der Waals surface area contributed by atoms with Gasteiger partial charge in [-0.15, -0.1) is 0 Å². The standard InChI is InChI=1S/C13H27NS/c1-3-4-9-15-10-8-14-13-7-5-6-12(2)11-13/h12-14H,3-11H2,1-2H3. The lowest BCUT2D eigenvalue weighted by Gasteiger charge is -2.27. The second-order valence-corrected chi connectivity index (χ2v) is 6.11. The zero-order valence-corrected chi connectivity index (χ0v) is 11.2. The van der Waals surface area contributed by atoms with Crippen LogP contribution in [0, 0.1) is 5.92 Å². The Hall–Kier alpha value is 0.310. The van der Waals surface area contributed by atoms with Crippen molar-refractivity contribution in [3.8, 4) is 0 Å². The summed E-state index contributed by atoms with van der Waals surface area (Å²) >= 11 is 2.10. The molecule has 1 saturated carbocycles. The van der Waals surface area contributed by atoms with E-state index in [2.05, 4.69) is 30.9 Å². The number of nitrogens with one attached hydrogen (secondary N) is 1. The van der Waals surface area contributed by atoms with Crippen LogP contribution < -0.4 is 5.32 Å². The van der Waals surface area contributed by atoms with Crippen molar-refractivity contribution in [1.82, 2.24) is 5.32 Å². The summed E-state index contributed by atoms with van der Waals surface area (Å²) in [5.41, 5.74) is 0. The van der Waals surface area contributed by atoms with E-state index in [0.717, 1.165) is 12.0 Å². The molecule has 2 unspecified atom stereocenters. The first-order valence-corrected chi connectivity index (χ1v) is 7.79. The van der Waals surface area contributed by atoms with Crippen molar-refractivity contribution in [2.45, 2.75) is 58.4 Å². The molecule has 1 rings (SSSR count). The highest BCUT2D eigenvalue weighted by atomic mass is 32.2. The average molecular weight is 229 g/mol. The molecule has 90 valence electrons. The molecular weight excluding hydrogens is 202 g/mol. The van der Waals surface area contributed by atoms with Gasteiger partial charge in [0.25, 0.3) is 0 Å². The summed E-state index contributed by atoms with van der Waals surface area (Å²) in [6.45, 7) is 5.87. The van der Waals surface area contributed by atoms with Gasteiger partial charge in [0.2, 0.25) is 0 Å². The van der Waals surface area contributed by atoms with E-state index in [4.69, 9.17) is 0 Å². The summed E-state index contributed by atoms with van der Waals surface area (Å²) in [6, 6.07) is 0.820. The molecule has 1 aliphatic carbocycles. The zero-order valence-electron chi connectivity index (χ0n) is 10.4. The molecule has 0 spiro atoms. The molecular formula is C13H27NS. The molecule has 0 amide bonds. The maximum absolute atomic E-state index is 3.71. The number of hydrogen-bond donors (Lipinski definition) is 1. The fourth-order valence-electron chi connectivity index (χ4n) is 2.30. The van der Waals surface area contributed by atoms with E-state index in [1.54, 1.807) is 0 Å². The van der Waals surface area contributed by atoms with E-state index >= 15 is 0 Å². The minimum atomic E-state index is 0.820. The first kappa shape index (κ1) is 13.4. The second kappa shape index (κ2) is 8.46. The number of hydrogen-bond acceptors (Lipinski definition) is 2. The van der Waals surface area contributed by atoms with Crippen molar-refractivity contribution in [3.05, 3.63) is 0 Å². The molecule has 0 aromatic heterocycles. The van der Waals surface area contributed by atoms with Gasteiger partial charge in [0.15, 0.2) is 0 Å². The molecule has 0 aromatic rings. The van der Waals surface area contributed by atoms with Gasteiger partial charge in [-0.05, 0) is 30.9 Å². The van der Waals surface area contributed by atoms with E-state index in [-0.39, 0.29) is 0 Å². The third-order valence-electron chi connectivity index (χ3n) is 3.26. The topological polar surface area (TPSA) is 12.0 Å². The lowest BCUT2D eigenvalue weighted by molar-refractivity contribution is 0.306. The SMILES string of the molecule is CCCCSCCNC1CCCC(C)C1. The predicted octanol–water partition coefficient (Wildman–Crippen LogP) is 3.69. The molecule has 1 aliphatic rings. The Balaban J connectivity index is 1.90. The molecule has 0 bridgehead atoms. The Kier molecular flexibility index (Phi) is 7.54. The highest BCUT2D eigenvalue weighted by Gasteiger charge is 2.17. The largest absolute Gasteiger partial charge is 0.313 e. The van der Waals surface area contributed by atoms with E-state index in [0.29, 0.717) is 0 Å². The summed E-state index contributed by atoms with van der Waals surface area (Å²) in [5, 5.41) is 3.71. The van der Waals surface area contributed by atoms with Crippen LogP contribution >= 0.6 is 11.8 Å². The Labute approximate surface area is 99.8 Å². The van der Waals surface area contributed by atoms with Gasteiger partial charge < -0.3 is 5.32 Å². The molecule has 0 heterocycles. The first-order chi connectivity index (χ1) is 7.33. The molecule has 2 heteroatoms. The zero-order chi connectivity index (χ0) is 10.9. The van der Waals surface area contributed by atoms with E-state index < -0.39 is 0 Å². The van der Waals surface area contributed by atoms with Crippen LogP contribution in [0.5, 0.6) is 0 Å². The molecule has 2 atom stereocenters. The quantitative estimate of drug-likeness (QED) is 0.668. The van der Waals surface area contributed by atoms with Crippen LogP contribution in [0.1, 0.15) is 52.4 Å². The van der Waals surface area contributed by atoms with E-state index in [1.807, 2.05) is 0 Å². The van der Waals surface area contributed by atoms with Crippen molar-refractivity contribution in [2.75, 3.05) is 18.1 Å². The predicted molar refractivity (Wildman–Crippen MR) is 71.7 cm³/mol. The molecule has 15 heavy (non-hydrogen) atoms. The van der Waals surface area contributed by atoms with Crippen LogP contribution in [0.2, 0.25) is 0 Å². The summed E-state index contributed by atoms with van der Waals surface area (Å²) < 4.78 is 0. The van der Waals surface area contributed by atoms with Crippen molar-refractivity contribution in [2.24, 2.45) is 5.92 Å². The van der Waals surface area contributed by atoms with E-state index in [1.165, 1.54) is 56.6 Å². The van der Waals surface area contributed by atoms with Crippen molar-refractivity contribution < 1.29 is 0 Å². The monoisotopic (exact) mass is 229 g/mol. The van der Waals surface area contributed by atoms with Gasteiger partial charge in [-0.25, -0.2) is 0 Å². The van der Waals surface area contributed by atoms with Crippen LogP contribution in [0.15, 0.2) is 0 Å². The Bertz CT molecular complexity index is 149. The Morgan fingerprint density at radius 3 is 2.87 bits per heavy atom. The molecule has 1 nitrogen and oxygen atoms in total. The van der Waals surface area contributed by atoms with Crippen LogP contribution in [-0.4, -0.2) is 24.1 Å². The Morgan fingerprint density at radius 1 is 1.27 bits per heavy atom. The first-order valence-electron chi connectivity index (χ1n) is 6.64. The molecule has 0 aromatic carbocycles. The lowest BCUT2D eigenvalue weighted by atomic mass is 9.87. The minimum absolute atomic E-state index is 0.820. The maximum atomic E-state index is 3.71. The van der Waals surface area contributed by atoms with Crippen molar-refractivity contribution in [3.63, 3.8) is 0 Å². The van der Waals surface area contributed by atoms with Crippen LogP contribution in [0.4, 0.5) is 0 Å². The summed E-state index contributed by atoms with van der Waals surface area (Å²) in [5.74, 6) is 3.59. The highest BCUT2D eigenvalue weighted by Crippen LogP contribution is 2.23. The van der Waals surface area contributed by atoms with Gasteiger partial charge >= 0.3 is 0 Å². The van der Waals surface area contributed by atoms with Gasteiger partial charge in [0.05, 0.1) is 0 Å². The van der Waals surface area contributed by atoms with Gasteiger partial charge in [0, 0.05) is 18.3 Å². The number of unbranched alkanes of at least 4 members (excludes halogenated alkanes) is 1. The normalized spacial score (nSPS) is 26.8. The third-order valence-corrected chi connectivity index (χ3v) is 4.33.